The molecule has 2 N–H and O–H groups in total. The molecule has 1 rings (SSSR count). The first kappa shape index (κ1) is 18.0. The lowest BCUT2D eigenvalue weighted by atomic mass is 9.86. The number of amides is 1. The number of rotatable bonds is 8. The molecule has 21 heavy (non-hydrogen) atoms. The van der Waals surface area contributed by atoms with Crippen LogP contribution < -0.4 is 5.32 Å². The van der Waals surface area contributed by atoms with Gasteiger partial charge in [-0.05, 0) is 45.6 Å². The van der Waals surface area contributed by atoms with Gasteiger partial charge in [0.05, 0.1) is 6.54 Å². The van der Waals surface area contributed by atoms with Crippen LogP contribution in [0.25, 0.3) is 0 Å². The zero-order valence-corrected chi connectivity index (χ0v) is 13.6. The van der Waals surface area contributed by atoms with Crippen LogP contribution in [-0.4, -0.2) is 47.1 Å². The first-order valence-corrected chi connectivity index (χ1v) is 8.15. The summed E-state index contributed by atoms with van der Waals surface area (Å²) in [6, 6.07) is 0.549. The molecule has 0 saturated heterocycles. The minimum atomic E-state index is -0.779. The van der Waals surface area contributed by atoms with Gasteiger partial charge in [-0.25, -0.2) is 0 Å². The van der Waals surface area contributed by atoms with Crippen LogP contribution in [0, 0.1) is 5.92 Å². The number of hydrogen-bond donors (Lipinski definition) is 2. The summed E-state index contributed by atoms with van der Waals surface area (Å²) in [5.41, 5.74) is 0. The standard InChI is InChI=1S/C16H30N2O3/c1-12(2)18(10-6-9-16(20)21)11-15(19)17-14-8-5-4-7-13(14)3/h12-14H,4-11H2,1-3H3,(H,17,19)(H,20,21). The van der Waals surface area contributed by atoms with Crippen LogP contribution in [0.15, 0.2) is 0 Å². The molecule has 1 amide bonds. The smallest absolute Gasteiger partial charge is 0.303 e. The molecule has 0 aromatic carbocycles. The molecule has 1 aliphatic rings. The Kier molecular flexibility index (Phi) is 7.72. The number of aliphatic carboxylic acids is 1. The summed E-state index contributed by atoms with van der Waals surface area (Å²) in [6.45, 7) is 7.30. The van der Waals surface area contributed by atoms with Crippen molar-refractivity contribution in [2.45, 2.75) is 71.4 Å². The first-order valence-electron chi connectivity index (χ1n) is 8.15. The lowest BCUT2D eigenvalue weighted by Crippen LogP contribution is -2.47. The topological polar surface area (TPSA) is 69.6 Å². The maximum absolute atomic E-state index is 12.2. The van der Waals surface area contributed by atoms with Gasteiger partial charge in [0, 0.05) is 18.5 Å². The van der Waals surface area contributed by atoms with Gasteiger partial charge in [0.15, 0.2) is 0 Å². The van der Waals surface area contributed by atoms with E-state index >= 15 is 0 Å². The Morgan fingerprint density at radius 1 is 1.29 bits per heavy atom. The van der Waals surface area contributed by atoms with Crippen molar-refractivity contribution in [3.8, 4) is 0 Å². The summed E-state index contributed by atoms with van der Waals surface area (Å²) in [7, 11) is 0. The fourth-order valence-corrected chi connectivity index (χ4v) is 2.92. The van der Waals surface area contributed by atoms with Crippen LogP contribution in [0.3, 0.4) is 0 Å². The molecule has 0 heterocycles. The average molecular weight is 298 g/mol. The number of hydrogen-bond acceptors (Lipinski definition) is 3. The Bertz CT molecular complexity index is 344. The maximum atomic E-state index is 12.2. The second-order valence-electron chi connectivity index (χ2n) is 6.50. The SMILES string of the molecule is CC1CCCCC1NC(=O)CN(CCCC(=O)O)C(C)C. The van der Waals surface area contributed by atoms with Gasteiger partial charge in [-0.15, -0.1) is 0 Å². The zero-order chi connectivity index (χ0) is 15.8. The highest BCUT2D eigenvalue weighted by atomic mass is 16.4. The highest BCUT2D eigenvalue weighted by Gasteiger charge is 2.23. The molecule has 1 aliphatic carbocycles. The van der Waals surface area contributed by atoms with Crippen molar-refractivity contribution in [2.75, 3.05) is 13.1 Å². The van der Waals surface area contributed by atoms with E-state index in [1.165, 1.54) is 19.3 Å². The molecule has 0 aromatic heterocycles. The van der Waals surface area contributed by atoms with E-state index in [-0.39, 0.29) is 18.4 Å². The normalized spacial score (nSPS) is 22.5. The molecule has 2 unspecified atom stereocenters. The molecule has 1 saturated carbocycles. The lowest BCUT2D eigenvalue weighted by Gasteiger charge is -2.31. The molecule has 0 radical (unpaired) electrons. The number of carboxylic acids is 1. The van der Waals surface area contributed by atoms with E-state index in [9.17, 15) is 9.59 Å². The first-order chi connectivity index (χ1) is 9.90. The maximum Gasteiger partial charge on any atom is 0.303 e. The van der Waals surface area contributed by atoms with E-state index in [1.807, 2.05) is 18.7 Å². The van der Waals surface area contributed by atoms with E-state index in [0.29, 0.717) is 31.5 Å². The quantitative estimate of drug-likeness (QED) is 0.721. The molecule has 2 atom stereocenters. The Morgan fingerprint density at radius 2 is 1.95 bits per heavy atom. The van der Waals surface area contributed by atoms with Crippen LogP contribution in [-0.2, 0) is 9.59 Å². The second kappa shape index (κ2) is 9.03. The average Bonchev–Trinajstić information content (AvgIpc) is 2.39. The largest absolute Gasteiger partial charge is 0.481 e. The molecule has 0 bridgehead atoms. The molecular weight excluding hydrogens is 268 g/mol. The van der Waals surface area contributed by atoms with Crippen molar-refractivity contribution < 1.29 is 14.7 Å². The number of carbonyl (C=O) groups is 2. The van der Waals surface area contributed by atoms with Gasteiger partial charge >= 0.3 is 5.97 Å². The Balaban J connectivity index is 2.38. The summed E-state index contributed by atoms with van der Waals surface area (Å²) in [5.74, 6) is -0.154. The van der Waals surface area contributed by atoms with Crippen molar-refractivity contribution in [1.82, 2.24) is 10.2 Å². The third-order valence-electron chi connectivity index (χ3n) is 4.37. The molecule has 0 spiro atoms. The van der Waals surface area contributed by atoms with Crippen molar-refractivity contribution in [3.05, 3.63) is 0 Å². The van der Waals surface area contributed by atoms with Crippen molar-refractivity contribution in [1.29, 1.82) is 0 Å². The Hall–Kier alpha value is -1.10. The van der Waals surface area contributed by atoms with E-state index < -0.39 is 5.97 Å². The van der Waals surface area contributed by atoms with E-state index in [0.717, 1.165) is 6.42 Å². The molecule has 5 nitrogen and oxygen atoms in total. The molecule has 122 valence electrons. The fourth-order valence-electron chi connectivity index (χ4n) is 2.92. The summed E-state index contributed by atoms with van der Waals surface area (Å²) in [6.07, 6.45) is 5.47. The molecule has 5 heteroatoms. The van der Waals surface area contributed by atoms with Gasteiger partial charge in [-0.3, -0.25) is 14.5 Å². The Morgan fingerprint density at radius 3 is 2.52 bits per heavy atom. The highest BCUT2D eigenvalue weighted by molar-refractivity contribution is 5.78. The number of nitrogens with one attached hydrogen (secondary N) is 1. The van der Waals surface area contributed by atoms with Crippen molar-refractivity contribution >= 4 is 11.9 Å². The fraction of sp³-hybridized carbons (Fsp3) is 0.875. The number of carbonyl (C=O) groups excluding carboxylic acids is 1. The summed E-state index contributed by atoms with van der Waals surface area (Å²) < 4.78 is 0. The van der Waals surface area contributed by atoms with Crippen LogP contribution in [0.1, 0.15) is 59.3 Å². The van der Waals surface area contributed by atoms with Gasteiger partial charge in [0.25, 0.3) is 0 Å². The van der Waals surface area contributed by atoms with Crippen LogP contribution in [0.4, 0.5) is 0 Å². The second-order valence-corrected chi connectivity index (χ2v) is 6.50. The van der Waals surface area contributed by atoms with Gasteiger partial charge in [-0.1, -0.05) is 19.8 Å². The van der Waals surface area contributed by atoms with Crippen LogP contribution in [0.5, 0.6) is 0 Å². The number of carboxylic acid groups (broad SMARTS) is 1. The third-order valence-corrected chi connectivity index (χ3v) is 4.37. The lowest BCUT2D eigenvalue weighted by molar-refractivity contribution is -0.137. The highest BCUT2D eigenvalue weighted by Crippen LogP contribution is 2.23. The van der Waals surface area contributed by atoms with Crippen LogP contribution in [0.2, 0.25) is 0 Å². The summed E-state index contributed by atoms with van der Waals surface area (Å²) in [5, 5.41) is 11.9. The van der Waals surface area contributed by atoms with E-state index in [4.69, 9.17) is 5.11 Å². The van der Waals surface area contributed by atoms with Gasteiger partial charge in [0.1, 0.15) is 0 Å². The Labute approximate surface area is 128 Å². The molecular formula is C16H30N2O3. The monoisotopic (exact) mass is 298 g/mol. The summed E-state index contributed by atoms with van der Waals surface area (Å²) >= 11 is 0. The summed E-state index contributed by atoms with van der Waals surface area (Å²) in [4.78, 5) is 24.8. The molecule has 0 aliphatic heterocycles. The molecule has 0 aromatic rings. The van der Waals surface area contributed by atoms with Gasteiger partial charge in [0.2, 0.25) is 5.91 Å². The minimum Gasteiger partial charge on any atom is -0.481 e. The van der Waals surface area contributed by atoms with E-state index in [1.54, 1.807) is 0 Å². The molecule has 1 fully saturated rings. The number of nitrogens with zero attached hydrogens (tertiary/aromatic N) is 1. The zero-order valence-electron chi connectivity index (χ0n) is 13.6. The predicted octanol–water partition coefficient (Wildman–Crippen LogP) is 2.26. The van der Waals surface area contributed by atoms with Crippen molar-refractivity contribution in [3.63, 3.8) is 0 Å². The van der Waals surface area contributed by atoms with Gasteiger partial charge in [-0.2, -0.15) is 0 Å². The van der Waals surface area contributed by atoms with Crippen molar-refractivity contribution in [2.24, 2.45) is 5.92 Å². The minimum absolute atomic E-state index is 0.0674. The van der Waals surface area contributed by atoms with E-state index in [2.05, 4.69) is 12.2 Å². The predicted molar refractivity (Wildman–Crippen MR) is 83.1 cm³/mol. The van der Waals surface area contributed by atoms with Crippen LogP contribution >= 0.6 is 0 Å². The third kappa shape index (κ3) is 6.93. The van der Waals surface area contributed by atoms with Gasteiger partial charge < -0.3 is 10.4 Å².